The molecule has 0 saturated carbocycles. The highest BCUT2D eigenvalue weighted by Crippen LogP contribution is 2.32. The van der Waals surface area contributed by atoms with Crippen molar-refractivity contribution in [1.82, 2.24) is 30.0 Å². The van der Waals surface area contributed by atoms with Crippen molar-refractivity contribution in [3.8, 4) is 22.5 Å². The van der Waals surface area contributed by atoms with E-state index in [2.05, 4.69) is 42.0 Å². The first-order chi connectivity index (χ1) is 15.9. The summed E-state index contributed by atoms with van der Waals surface area (Å²) in [7, 11) is 5.56. The van der Waals surface area contributed by atoms with Gasteiger partial charge in [-0.3, -0.25) is 10.1 Å². The molecular formula is C23H24F2N8. The van der Waals surface area contributed by atoms with E-state index in [1.807, 2.05) is 0 Å². The fourth-order valence-electron chi connectivity index (χ4n) is 3.95. The molecule has 0 radical (unpaired) electrons. The average Bonchev–Trinajstić information content (AvgIpc) is 3.22. The van der Waals surface area contributed by atoms with Crippen LogP contribution >= 0.6 is 0 Å². The summed E-state index contributed by atoms with van der Waals surface area (Å²) in [4.78, 5) is 19.4. The maximum absolute atomic E-state index is 14.8. The predicted molar refractivity (Wildman–Crippen MR) is 124 cm³/mol. The number of nitrogens with one attached hydrogen (secondary N) is 1. The van der Waals surface area contributed by atoms with E-state index in [0.717, 1.165) is 26.2 Å². The van der Waals surface area contributed by atoms with E-state index in [1.54, 1.807) is 37.5 Å². The monoisotopic (exact) mass is 450 g/mol. The second kappa shape index (κ2) is 8.36. The van der Waals surface area contributed by atoms with E-state index in [1.165, 1.54) is 18.3 Å². The number of anilines is 2. The number of hydrogen-bond donors (Lipinski definition) is 1. The number of fused-ring (bicyclic) bond motifs is 1. The number of aromatic amines is 1. The molecule has 1 fully saturated rings. The highest BCUT2D eigenvalue weighted by molar-refractivity contribution is 5.94. The molecule has 4 heterocycles. The summed E-state index contributed by atoms with van der Waals surface area (Å²) in [5.41, 5.74) is 2.43. The smallest absolute Gasteiger partial charge is 0.225 e. The molecule has 0 bridgehead atoms. The summed E-state index contributed by atoms with van der Waals surface area (Å²) in [5.74, 6) is -0.662. The van der Waals surface area contributed by atoms with Crippen LogP contribution in [-0.2, 0) is 0 Å². The lowest BCUT2D eigenvalue weighted by molar-refractivity contribution is 0.311. The molecule has 0 amide bonds. The molecule has 0 aliphatic carbocycles. The zero-order valence-corrected chi connectivity index (χ0v) is 18.7. The molecule has 1 aliphatic rings. The molecule has 0 atom stereocenters. The zero-order valence-electron chi connectivity index (χ0n) is 18.7. The van der Waals surface area contributed by atoms with E-state index < -0.39 is 11.6 Å². The molecule has 8 nitrogen and oxygen atoms in total. The van der Waals surface area contributed by atoms with Crippen LogP contribution in [0.2, 0.25) is 0 Å². The maximum atomic E-state index is 14.8. The van der Waals surface area contributed by atoms with Gasteiger partial charge in [-0.05, 0) is 25.2 Å². The van der Waals surface area contributed by atoms with Gasteiger partial charge in [0.15, 0.2) is 0 Å². The average molecular weight is 450 g/mol. The first-order valence-electron chi connectivity index (χ1n) is 10.7. The summed E-state index contributed by atoms with van der Waals surface area (Å²) in [6.07, 6.45) is 4.98. The Morgan fingerprint density at radius 3 is 2.21 bits per heavy atom. The third-order valence-corrected chi connectivity index (χ3v) is 5.94. The standard InChI is InChI=1S/C23H24F2N8/c1-31(2)15-8-17(24)21(18(25)9-15)19-10-16-20(13-26-19)29-30-22(16)14-11-27-23(28-12-14)33-6-4-32(3)5-7-33/h8-13H,4-7H2,1-3H3,(H,29,30). The molecule has 4 aromatic rings. The Morgan fingerprint density at radius 1 is 0.909 bits per heavy atom. The van der Waals surface area contributed by atoms with Gasteiger partial charge in [-0.25, -0.2) is 18.7 Å². The second-order valence-corrected chi connectivity index (χ2v) is 8.43. The van der Waals surface area contributed by atoms with Gasteiger partial charge < -0.3 is 14.7 Å². The highest BCUT2D eigenvalue weighted by atomic mass is 19.1. The molecule has 1 aliphatic heterocycles. The van der Waals surface area contributed by atoms with Gasteiger partial charge in [-0.2, -0.15) is 5.10 Å². The number of H-pyrrole nitrogens is 1. The second-order valence-electron chi connectivity index (χ2n) is 8.43. The van der Waals surface area contributed by atoms with Crippen LogP contribution in [0.15, 0.2) is 36.8 Å². The van der Waals surface area contributed by atoms with Crippen LogP contribution in [0.1, 0.15) is 0 Å². The Morgan fingerprint density at radius 2 is 1.58 bits per heavy atom. The Kier molecular flexibility index (Phi) is 5.37. The number of nitrogens with zero attached hydrogens (tertiary/aromatic N) is 7. The van der Waals surface area contributed by atoms with Gasteiger partial charge in [-0.1, -0.05) is 0 Å². The lowest BCUT2D eigenvalue weighted by Gasteiger charge is -2.32. The number of pyridine rings is 1. The lowest BCUT2D eigenvalue weighted by Crippen LogP contribution is -2.45. The van der Waals surface area contributed by atoms with E-state index in [9.17, 15) is 8.78 Å². The molecular weight excluding hydrogens is 426 g/mol. The third-order valence-electron chi connectivity index (χ3n) is 5.94. The van der Waals surface area contributed by atoms with Gasteiger partial charge >= 0.3 is 0 Å². The quantitative estimate of drug-likeness (QED) is 0.512. The molecule has 10 heteroatoms. The first kappa shape index (κ1) is 21.2. The van der Waals surface area contributed by atoms with Crippen molar-refractivity contribution in [2.75, 3.05) is 57.1 Å². The van der Waals surface area contributed by atoms with Crippen molar-refractivity contribution in [3.05, 3.63) is 48.4 Å². The Bertz CT molecular complexity index is 1270. The van der Waals surface area contributed by atoms with Gasteiger partial charge in [0.05, 0.1) is 23.0 Å². The highest BCUT2D eigenvalue weighted by Gasteiger charge is 2.19. The van der Waals surface area contributed by atoms with E-state index in [0.29, 0.717) is 33.8 Å². The number of likely N-dealkylation sites (N-methyl/N-ethyl adjacent to an activating group) is 1. The van der Waals surface area contributed by atoms with Crippen molar-refractivity contribution >= 4 is 22.5 Å². The van der Waals surface area contributed by atoms with E-state index in [-0.39, 0.29) is 11.3 Å². The number of benzene rings is 1. The van der Waals surface area contributed by atoms with Gasteiger partial charge in [-0.15, -0.1) is 0 Å². The fraction of sp³-hybridized carbons (Fsp3) is 0.304. The van der Waals surface area contributed by atoms with Crippen molar-refractivity contribution in [3.63, 3.8) is 0 Å². The Labute approximate surface area is 189 Å². The molecule has 3 aromatic heterocycles. The Balaban J connectivity index is 1.50. The third kappa shape index (κ3) is 3.97. The van der Waals surface area contributed by atoms with E-state index in [4.69, 9.17) is 0 Å². The number of piperazine rings is 1. The van der Waals surface area contributed by atoms with Gasteiger partial charge in [0.2, 0.25) is 5.95 Å². The summed E-state index contributed by atoms with van der Waals surface area (Å²) >= 11 is 0. The van der Waals surface area contributed by atoms with Gasteiger partial charge in [0.1, 0.15) is 17.3 Å². The van der Waals surface area contributed by atoms with Crippen LogP contribution < -0.4 is 9.80 Å². The van der Waals surface area contributed by atoms with Crippen LogP contribution in [0, 0.1) is 11.6 Å². The number of rotatable bonds is 4. The first-order valence-corrected chi connectivity index (χ1v) is 10.7. The zero-order chi connectivity index (χ0) is 23.1. The molecule has 1 aromatic carbocycles. The Hall–Kier alpha value is -3.66. The summed E-state index contributed by atoms with van der Waals surface area (Å²) in [5, 5.41) is 7.98. The normalized spacial score (nSPS) is 14.8. The van der Waals surface area contributed by atoms with Crippen LogP contribution in [0.5, 0.6) is 0 Å². The molecule has 0 unspecified atom stereocenters. The van der Waals surface area contributed by atoms with Gasteiger partial charge in [0.25, 0.3) is 0 Å². The molecule has 33 heavy (non-hydrogen) atoms. The summed E-state index contributed by atoms with van der Waals surface area (Å²) in [6.45, 7) is 3.68. The topological polar surface area (TPSA) is 77.1 Å². The summed E-state index contributed by atoms with van der Waals surface area (Å²) < 4.78 is 29.6. The molecule has 170 valence electrons. The molecule has 5 rings (SSSR count). The fourth-order valence-corrected chi connectivity index (χ4v) is 3.95. The SMILES string of the molecule is CN1CCN(c2ncc(-c3n[nH]c4cnc(-c5c(F)cc(N(C)C)cc5F)cc34)cn2)CC1. The number of hydrogen-bond acceptors (Lipinski definition) is 7. The summed E-state index contributed by atoms with van der Waals surface area (Å²) in [6, 6.07) is 4.23. The minimum atomic E-state index is -0.671. The van der Waals surface area contributed by atoms with Gasteiger partial charge in [0, 0.05) is 69.3 Å². The maximum Gasteiger partial charge on any atom is 0.225 e. The van der Waals surface area contributed by atoms with Crippen molar-refractivity contribution < 1.29 is 8.78 Å². The largest absolute Gasteiger partial charge is 0.377 e. The van der Waals surface area contributed by atoms with Crippen LogP contribution in [0.4, 0.5) is 20.4 Å². The van der Waals surface area contributed by atoms with Crippen molar-refractivity contribution in [1.29, 1.82) is 0 Å². The van der Waals surface area contributed by atoms with E-state index >= 15 is 0 Å². The molecule has 1 N–H and O–H groups in total. The lowest BCUT2D eigenvalue weighted by atomic mass is 10.1. The minimum Gasteiger partial charge on any atom is -0.377 e. The minimum absolute atomic E-state index is 0.170. The number of halogens is 2. The predicted octanol–water partition coefficient (Wildman–Crippen LogP) is 3.18. The van der Waals surface area contributed by atoms with Crippen LogP contribution in [0.3, 0.4) is 0 Å². The van der Waals surface area contributed by atoms with Crippen LogP contribution in [0.25, 0.3) is 33.4 Å². The molecule has 0 spiro atoms. The van der Waals surface area contributed by atoms with Crippen molar-refractivity contribution in [2.24, 2.45) is 0 Å². The number of aromatic nitrogens is 5. The molecule has 1 saturated heterocycles. The van der Waals surface area contributed by atoms with Crippen molar-refractivity contribution in [2.45, 2.75) is 0 Å². The van der Waals surface area contributed by atoms with Crippen LogP contribution in [-0.4, -0.2) is 77.4 Å².